The smallest absolute Gasteiger partial charge is 0.250 e. The fourth-order valence-corrected chi connectivity index (χ4v) is 1.96. The summed E-state index contributed by atoms with van der Waals surface area (Å²) in [5.74, 6) is -0.132. The summed E-state index contributed by atoms with van der Waals surface area (Å²) in [6.07, 6.45) is 1.11. The molecule has 5 heteroatoms. The summed E-state index contributed by atoms with van der Waals surface area (Å²) in [5, 5.41) is 2.95. The van der Waals surface area contributed by atoms with Crippen LogP contribution in [0.4, 0.5) is 0 Å². The van der Waals surface area contributed by atoms with Gasteiger partial charge in [-0.25, -0.2) is 0 Å². The third-order valence-corrected chi connectivity index (χ3v) is 2.83. The monoisotopic (exact) mass is 230 g/mol. The van der Waals surface area contributed by atoms with Crippen molar-refractivity contribution in [1.82, 2.24) is 5.32 Å². The Hall–Kier alpha value is -0.650. The minimum Gasteiger partial charge on any atom is -0.375 e. The number of carbonyl (C=O) groups excluding carboxylic acids is 1. The highest BCUT2D eigenvalue weighted by atomic mass is 16.5. The molecule has 0 saturated carbocycles. The van der Waals surface area contributed by atoms with Gasteiger partial charge in [0.05, 0.1) is 5.60 Å². The molecule has 0 aliphatic carbocycles. The van der Waals surface area contributed by atoms with E-state index in [-0.39, 0.29) is 24.1 Å². The predicted octanol–water partition coefficient (Wildman–Crippen LogP) is 0.0339. The second-order valence-electron chi connectivity index (χ2n) is 4.77. The maximum atomic E-state index is 11.7. The van der Waals surface area contributed by atoms with Crippen molar-refractivity contribution in [2.24, 2.45) is 5.73 Å². The topological polar surface area (TPSA) is 73.6 Å². The van der Waals surface area contributed by atoms with Crippen molar-refractivity contribution in [3.63, 3.8) is 0 Å². The summed E-state index contributed by atoms with van der Waals surface area (Å²) in [6, 6.07) is 0.153. The average Bonchev–Trinajstić information content (AvgIpc) is 2.17. The Balaban J connectivity index is 2.44. The van der Waals surface area contributed by atoms with E-state index in [1.807, 2.05) is 13.8 Å². The Morgan fingerprint density at radius 1 is 1.69 bits per heavy atom. The highest BCUT2D eigenvalue weighted by Gasteiger charge is 2.30. The zero-order chi connectivity index (χ0) is 12.2. The fourth-order valence-electron chi connectivity index (χ4n) is 1.96. The lowest BCUT2D eigenvalue weighted by molar-refractivity contribution is -0.133. The molecular weight excluding hydrogens is 208 g/mol. The van der Waals surface area contributed by atoms with Crippen LogP contribution in [-0.2, 0) is 14.3 Å². The highest BCUT2D eigenvalue weighted by molar-refractivity contribution is 5.81. The first kappa shape index (κ1) is 13.4. The Bertz CT molecular complexity index is 239. The molecule has 1 fully saturated rings. The van der Waals surface area contributed by atoms with Crippen LogP contribution in [0.25, 0.3) is 0 Å². The van der Waals surface area contributed by atoms with Crippen molar-refractivity contribution in [2.45, 2.75) is 44.4 Å². The Morgan fingerprint density at radius 3 is 2.88 bits per heavy atom. The van der Waals surface area contributed by atoms with E-state index in [4.69, 9.17) is 15.2 Å². The van der Waals surface area contributed by atoms with Gasteiger partial charge in [-0.05, 0) is 26.7 Å². The first-order chi connectivity index (χ1) is 7.48. The molecule has 2 unspecified atom stereocenters. The average molecular weight is 230 g/mol. The molecule has 2 atom stereocenters. The lowest BCUT2D eigenvalue weighted by atomic mass is 9.94. The number of hydrogen-bond donors (Lipinski definition) is 2. The Kier molecular flexibility index (Phi) is 4.70. The van der Waals surface area contributed by atoms with Gasteiger partial charge in [-0.3, -0.25) is 4.79 Å². The summed E-state index contributed by atoms with van der Waals surface area (Å²) in [5.41, 5.74) is 5.27. The van der Waals surface area contributed by atoms with Crippen LogP contribution in [0.15, 0.2) is 0 Å². The minimum absolute atomic E-state index is 0.132. The molecule has 0 aromatic rings. The first-order valence-electron chi connectivity index (χ1n) is 5.65. The van der Waals surface area contributed by atoms with Gasteiger partial charge >= 0.3 is 0 Å². The van der Waals surface area contributed by atoms with E-state index >= 15 is 0 Å². The van der Waals surface area contributed by atoms with E-state index in [0.717, 1.165) is 12.8 Å². The molecule has 3 N–H and O–H groups in total. The van der Waals surface area contributed by atoms with Gasteiger partial charge < -0.3 is 20.5 Å². The van der Waals surface area contributed by atoms with E-state index in [2.05, 4.69) is 5.32 Å². The van der Waals surface area contributed by atoms with Gasteiger partial charge in [0.25, 0.3) is 5.91 Å². The molecular formula is C11H22N2O3. The first-order valence-corrected chi connectivity index (χ1v) is 5.65. The highest BCUT2D eigenvalue weighted by Crippen LogP contribution is 2.23. The number of carbonyl (C=O) groups is 1. The maximum absolute atomic E-state index is 11.7. The van der Waals surface area contributed by atoms with Gasteiger partial charge in [-0.2, -0.15) is 0 Å². The van der Waals surface area contributed by atoms with Gasteiger partial charge in [0.15, 0.2) is 0 Å². The molecule has 1 aliphatic heterocycles. The molecule has 0 spiro atoms. The molecule has 1 amide bonds. The number of nitrogens with one attached hydrogen (secondary N) is 1. The lowest BCUT2D eigenvalue weighted by Crippen LogP contribution is -2.50. The minimum atomic E-state index is -0.550. The second-order valence-corrected chi connectivity index (χ2v) is 4.77. The molecule has 1 saturated heterocycles. The third-order valence-electron chi connectivity index (χ3n) is 2.83. The van der Waals surface area contributed by atoms with Crippen molar-refractivity contribution in [3.8, 4) is 0 Å². The standard InChI is InChI=1S/C11H22N2O3/c1-11(2)6-8(4-5-16-11)13-10(14)9(7-12)15-3/h8-9H,4-7,12H2,1-3H3,(H,13,14). The van der Waals surface area contributed by atoms with Crippen LogP contribution in [-0.4, -0.2) is 43.9 Å². The number of ether oxygens (including phenoxy) is 2. The number of amides is 1. The predicted molar refractivity (Wildman–Crippen MR) is 61.0 cm³/mol. The van der Waals surface area contributed by atoms with Crippen molar-refractivity contribution in [3.05, 3.63) is 0 Å². The van der Waals surface area contributed by atoms with Gasteiger partial charge in [-0.15, -0.1) is 0 Å². The quantitative estimate of drug-likeness (QED) is 0.715. The molecule has 0 aromatic carbocycles. The van der Waals surface area contributed by atoms with Crippen molar-refractivity contribution in [2.75, 3.05) is 20.3 Å². The molecule has 0 bridgehead atoms. The van der Waals surface area contributed by atoms with Crippen molar-refractivity contribution >= 4 is 5.91 Å². The summed E-state index contributed by atoms with van der Waals surface area (Å²) >= 11 is 0. The van der Waals surface area contributed by atoms with Gasteiger partial charge in [-0.1, -0.05) is 0 Å². The largest absolute Gasteiger partial charge is 0.375 e. The van der Waals surface area contributed by atoms with Crippen LogP contribution in [0, 0.1) is 0 Å². The zero-order valence-electron chi connectivity index (χ0n) is 10.3. The summed E-state index contributed by atoms with van der Waals surface area (Å²) in [6.45, 7) is 4.94. The van der Waals surface area contributed by atoms with Gasteiger partial charge in [0.2, 0.25) is 0 Å². The van der Waals surface area contributed by atoms with E-state index in [0.29, 0.717) is 6.61 Å². The maximum Gasteiger partial charge on any atom is 0.250 e. The van der Waals surface area contributed by atoms with Crippen LogP contribution < -0.4 is 11.1 Å². The number of hydrogen-bond acceptors (Lipinski definition) is 4. The van der Waals surface area contributed by atoms with E-state index < -0.39 is 6.10 Å². The molecule has 0 aromatic heterocycles. The molecule has 1 rings (SSSR count). The van der Waals surface area contributed by atoms with E-state index in [1.54, 1.807) is 0 Å². The molecule has 16 heavy (non-hydrogen) atoms. The van der Waals surface area contributed by atoms with Crippen LogP contribution in [0.3, 0.4) is 0 Å². The molecule has 1 heterocycles. The summed E-state index contributed by atoms with van der Waals surface area (Å²) in [4.78, 5) is 11.7. The fraction of sp³-hybridized carbons (Fsp3) is 0.909. The van der Waals surface area contributed by atoms with Gasteiger partial charge in [0, 0.05) is 26.3 Å². The molecule has 5 nitrogen and oxygen atoms in total. The number of nitrogens with two attached hydrogens (primary N) is 1. The number of rotatable bonds is 4. The third kappa shape index (κ3) is 3.73. The summed E-state index contributed by atoms with van der Waals surface area (Å²) in [7, 11) is 1.49. The molecule has 0 radical (unpaired) electrons. The van der Waals surface area contributed by atoms with E-state index in [9.17, 15) is 4.79 Å². The van der Waals surface area contributed by atoms with Crippen LogP contribution in [0.5, 0.6) is 0 Å². The lowest BCUT2D eigenvalue weighted by Gasteiger charge is -2.36. The Labute approximate surface area is 96.7 Å². The molecule has 1 aliphatic rings. The zero-order valence-corrected chi connectivity index (χ0v) is 10.3. The second kappa shape index (κ2) is 5.61. The Morgan fingerprint density at radius 2 is 2.38 bits per heavy atom. The van der Waals surface area contributed by atoms with E-state index in [1.165, 1.54) is 7.11 Å². The van der Waals surface area contributed by atoms with Crippen LogP contribution in [0.1, 0.15) is 26.7 Å². The van der Waals surface area contributed by atoms with Gasteiger partial charge in [0.1, 0.15) is 6.10 Å². The van der Waals surface area contributed by atoms with Crippen LogP contribution >= 0.6 is 0 Å². The van der Waals surface area contributed by atoms with Crippen molar-refractivity contribution in [1.29, 1.82) is 0 Å². The SMILES string of the molecule is COC(CN)C(=O)NC1CCOC(C)(C)C1. The molecule has 94 valence electrons. The normalized spacial score (nSPS) is 26.1. The van der Waals surface area contributed by atoms with Crippen molar-refractivity contribution < 1.29 is 14.3 Å². The summed E-state index contributed by atoms with van der Waals surface area (Å²) < 4.78 is 10.6. The van der Waals surface area contributed by atoms with Crippen LogP contribution in [0.2, 0.25) is 0 Å². The number of methoxy groups -OCH3 is 1.